The molecular weight excluding hydrogens is 240 g/mol. The van der Waals surface area contributed by atoms with Gasteiger partial charge in [-0.25, -0.2) is 0 Å². The van der Waals surface area contributed by atoms with Crippen molar-refractivity contribution < 1.29 is 9.53 Å². The van der Waals surface area contributed by atoms with E-state index in [-0.39, 0.29) is 11.6 Å². The first-order chi connectivity index (χ1) is 9.18. The predicted molar refractivity (Wildman–Crippen MR) is 76.3 cm³/mol. The number of hydrogen-bond donors (Lipinski definition) is 1. The zero-order chi connectivity index (χ0) is 13.9. The van der Waals surface area contributed by atoms with Crippen molar-refractivity contribution in [2.75, 3.05) is 25.6 Å². The predicted octanol–water partition coefficient (Wildman–Crippen LogP) is 2.72. The van der Waals surface area contributed by atoms with E-state index >= 15 is 0 Å². The number of rotatable bonds is 5. The first-order valence-corrected chi connectivity index (χ1v) is 6.86. The Bertz CT molecular complexity index is 455. The summed E-state index contributed by atoms with van der Waals surface area (Å²) < 4.78 is 5.14. The minimum Gasteiger partial charge on any atom is -0.383 e. The number of para-hydroxylation sites is 1. The molecule has 4 nitrogen and oxygen atoms in total. The van der Waals surface area contributed by atoms with Crippen molar-refractivity contribution in [3.8, 4) is 0 Å². The Kier molecular flexibility index (Phi) is 4.10. The Morgan fingerprint density at radius 3 is 2.58 bits per heavy atom. The third kappa shape index (κ3) is 2.32. The number of anilines is 1. The maximum atomic E-state index is 12.7. The Balaban J connectivity index is 2.41. The van der Waals surface area contributed by atoms with Crippen LogP contribution in [0.15, 0.2) is 24.3 Å². The van der Waals surface area contributed by atoms with Gasteiger partial charge in [-0.1, -0.05) is 26.0 Å². The summed E-state index contributed by atoms with van der Waals surface area (Å²) in [6.45, 7) is 5.38. The van der Waals surface area contributed by atoms with E-state index in [1.807, 2.05) is 29.2 Å². The summed E-state index contributed by atoms with van der Waals surface area (Å²) in [4.78, 5) is 14.6. The van der Waals surface area contributed by atoms with Gasteiger partial charge in [-0.2, -0.15) is 0 Å². The van der Waals surface area contributed by atoms with E-state index in [0.29, 0.717) is 13.2 Å². The van der Waals surface area contributed by atoms with E-state index in [9.17, 15) is 4.79 Å². The normalized spacial score (nSPS) is 17.0. The highest BCUT2D eigenvalue weighted by molar-refractivity contribution is 6.02. The number of hydrogen-bond acceptors (Lipinski definition) is 3. The molecular formula is C15H22N2O2. The SMILES string of the molecule is CCC1(CC)Nc2ccccc2C(=O)N1CCOC. The quantitative estimate of drug-likeness (QED) is 0.887. The van der Waals surface area contributed by atoms with Crippen LogP contribution in [0.4, 0.5) is 5.69 Å². The highest BCUT2D eigenvalue weighted by Gasteiger charge is 2.41. The minimum absolute atomic E-state index is 0.0927. The van der Waals surface area contributed by atoms with Crippen molar-refractivity contribution in [2.24, 2.45) is 0 Å². The highest BCUT2D eigenvalue weighted by atomic mass is 16.5. The van der Waals surface area contributed by atoms with Crippen molar-refractivity contribution in [1.82, 2.24) is 4.90 Å². The van der Waals surface area contributed by atoms with Crippen molar-refractivity contribution in [3.63, 3.8) is 0 Å². The van der Waals surface area contributed by atoms with Gasteiger partial charge in [0.05, 0.1) is 12.2 Å². The molecule has 1 N–H and O–H groups in total. The molecule has 0 spiro atoms. The summed E-state index contributed by atoms with van der Waals surface area (Å²) in [5.74, 6) is 0.0927. The lowest BCUT2D eigenvalue weighted by Crippen LogP contribution is -2.60. The molecule has 0 fully saturated rings. The Hall–Kier alpha value is -1.55. The summed E-state index contributed by atoms with van der Waals surface area (Å²) in [5.41, 5.74) is 1.38. The van der Waals surface area contributed by atoms with E-state index < -0.39 is 0 Å². The maximum Gasteiger partial charge on any atom is 0.257 e. The molecule has 0 aromatic heterocycles. The molecule has 0 radical (unpaired) electrons. The zero-order valence-electron chi connectivity index (χ0n) is 11.9. The largest absolute Gasteiger partial charge is 0.383 e. The monoisotopic (exact) mass is 262 g/mol. The number of carbonyl (C=O) groups is 1. The van der Waals surface area contributed by atoms with Gasteiger partial charge < -0.3 is 15.0 Å². The number of amides is 1. The van der Waals surface area contributed by atoms with Crippen molar-refractivity contribution in [2.45, 2.75) is 32.4 Å². The summed E-state index contributed by atoms with van der Waals surface area (Å²) in [6.07, 6.45) is 1.74. The molecule has 0 aliphatic carbocycles. The molecule has 1 aliphatic heterocycles. The first kappa shape index (κ1) is 13.9. The van der Waals surface area contributed by atoms with Crippen LogP contribution in [0, 0.1) is 0 Å². The van der Waals surface area contributed by atoms with Crippen LogP contribution in [0.1, 0.15) is 37.0 Å². The molecule has 0 saturated heterocycles. The second-order valence-electron chi connectivity index (χ2n) is 4.86. The maximum absolute atomic E-state index is 12.7. The molecule has 1 amide bonds. The van der Waals surface area contributed by atoms with Gasteiger partial charge in [0.2, 0.25) is 0 Å². The second kappa shape index (κ2) is 5.61. The summed E-state index contributed by atoms with van der Waals surface area (Å²) in [6, 6.07) is 7.71. The van der Waals surface area contributed by atoms with Crippen LogP contribution in [0.3, 0.4) is 0 Å². The number of methoxy groups -OCH3 is 1. The third-order valence-corrected chi connectivity index (χ3v) is 3.98. The first-order valence-electron chi connectivity index (χ1n) is 6.86. The topological polar surface area (TPSA) is 41.6 Å². The fourth-order valence-electron chi connectivity index (χ4n) is 2.74. The molecule has 0 saturated carbocycles. The van der Waals surface area contributed by atoms with Crippen LogP contribution in [-0.4, -0.2) is 36.7 Å². The summed E-state index contributed by atoms with van der Waals surface area (Å²) >= 11 is 0. The van der Waals surface area contributed by atoms with Crippen LogP contribution in [0.5, 0.6) is 0 Å². The number of benzene rings is 1. The zero-order valence-corrected chi connectivity index (χ0v) is 11.9. The van der Waals surface area contributed by atoms with Crippen molar-refractivity contribution >= 4 is 11.6 Å². The summed E-state index contributed by atoms with van der Waals surface area (Å²) in [7, 11) is 1.66. The van der Waals surface area contributed by atoms with E-state index in [1.165, 1.54) is 0 Å². The molecule has 1 aromatic rings. The van der Waals surface area contributed by atoms with Gasteiger partial charge in [-0.05, 0) is 25.0 Å². The number of nitrogens with zero attached hydrogens (tertiary/aromatic N) is 1. The average Bonchev–Trinajstić information content (AvgIpc) is 2.46. The van der Waals surface area contributed by atoms with Crippen molar-refractivity contribution in [3.05, 3.63) is 29.8 Å². The van der Waals surface area contributed by atoms with E-state index in [4.69, 9.17) is 4.74 Å². The Morgan fingerprint density at radius 2 is 1.95 bits per heavy atom. The van der Waals surface area contributed by atoms with Gasteiger partial charge >= 0.3 is 0 Å². The molecule has 1 aliphatic rings. The minimum atomic E-state index is -0.302. The fraction of sp³-hybridized carbons (Fsp3) is 0.533. The van der Waals surface area contributed by atoms with E-state index in [1.54, 1.807) is 7.11 Å². The molecule has 1 heterocycles. The smallest absolute Gasteiger partial charge is 0.257 e. The van der Waals surface area contributed by atoms with Gasteiger partial charge in [0, 0.05) is 19.3 Å². The van der Waals surface area contributed by atoms with Crippen LogP contribution in [-0.2, 0) is 4.74 Å². The Morgan fingerprint density at radius 1 is 1.26 bits per heavy atom. The molecule has 19 heavy (non-hydrogen) atoms. The molecule has 104 valence electrons. The van der Waals surface area contributed by atoms with E-state index in [2.05, 4.69) is 19.2 Å². The lowest BCUT2D eigenvalue weighted by Gasteiger charge is -2.48. The molecule has 1 aromatic carbocycles. The van der Waals surface area contributed by atoms with E-state index in [0.717, 1.165) is 24.1 Å². The molecule has 4 heteroatoms. The average molecular weight is 262 g/mol. The standard InChI is InChI=1S/C15H22N2O2/c1-4-15(5-2)16-13-9-7-6-8-12(13)14(18)17(15)10-11-19-3/h6-9,16H,4-5,10-11H2,1-3H3. The van der Waals surface area contributed by atoms with Gasteiger partial charge in [0.25, 0.3) is 5.91 Å². The number of ether oxygens (including phenoxy) is 1. The van der Waals surface area contributed by atoms with Gasteiger partial charge in [-0.3, -0.25) is 4.79 Å². The van der Waals surface area contributed by atoms with Crippen LogP contribution < -0.4 is 5.32 Å². The van der Waals surface area contributed by atoms with Crippen LogP contribution in [0.25, 0.3) is 0 Å². The molecule has 0 atom stereocenters. The summed E-state index contributed by atoms with van der Waals surface area (Å²) in [5, 5.41) is 3.55. The fourth-order valence-corrected chi connectivity index (χ4v) is 2.74. The number of nitrogens with one attached hydrogen (secondary N) is 1. The molecule has 0 unspecified atom stereocenters. The lowest BCUT2D eigenvalue weighted by molar-refractivity contribution is 0.0380. The van der Waals surface area contributed by atoms with Crippen molar-refractivity contribution in [1.29, 1.82) is 0 Å². The van der Waals surface area contributed by atoms with Gasteiger partial charge in [-0.15, -0.1) is 0 Å². The lowest BCUT2D eigenvalue weighted by atomic mass is 9.94. The second-order valence-corrected chi connectivity index (χ2v) is 4.86. The molecule has 0 bridgehead atoms. The Labute approximate surface area is 114 Å². The van der Waals surface area contributed by atoms with Crippen LogP contribution in [0.2, 0.25) is 0 Å². The number of carbonyl (C=O) groups excluding carboxylic acids is 1. The third-order valence-electron chi connectivity index (χ3n) is 3.98. The highest BCUT2D eigenvalue weighted by Crippen LogP contribution is 2.34. The van der Waals surface area contributed by atoms with Gasteiger partial charge in [0.15, 0.2) is 0 Å². The number of fused-ring (bicyclic) bond motifs is 1. The van der Waals surface area contributed by atoms with Gasteiger partial charge in [0.1, 0.15) is 5.66 Å². The van der Waals surface area contributed by atoms with Crippen LogP contribution >= 0.6 is 0 Å². The molecule has 2 rings (SSSR count).